The van der Waals surface area contributed by atoms with E-state index in [1.165, 1.54) is 0 Å². The molecule has 18 heavy (non-hydrogen) atoms. The van der Waals surface area contributed by atoms with Gasteiger partial charge < -0.3 is 9.47 Å². The minimum Gasteiger partial charge on any atom is -0.377 e. The highest BCUT2D eigenvalue weighted by atomic mass is 17.0. The molecule has 0 aliphatic heterocycles. The van der Waals surface area contributed by atoms with Crippen LogP contribution < -0.4 is 0 Å². The molecule has 6 nitrogen and oxygen atoms in total. The summed E-state index contributed by atoms with van der Waals surface area (Å²) in [7, 11) is 0. The molecule has 0 aromatic heterocycles. The van der Waals surface area contributed by atoms with Crippen LogP contribution in [0.1, 0.15) is 27.7 Å². The normalized spacial score (nSPS) is 11.0. The zero-order valence-corrected chi connectivity index (χ0v) is 11.9. The first kappa shape index (κ1) is 17.1. The third-order valence-electron chi connectivity index (χ3n) is 1.75. The van der Waals surface area contributed by atoms with E-state index in [0.29, 0.717) is 38.3 Å². The van der Waals surface area contributed by atoms with Gasteiger partial charge in [-0.3, -0.25) is 0 Å². The maximum Gasteiger partial charge on any atom is 0.477 e. The molecule has 0 rings (SSSR count). The van der Waals surface area contributed by atoms with Gasteiger partial charge in [0.2, 0.25) is 0 Å². The third-order valence-corrected chi connectivity index (χ3v) is 1.75. The summed E-state index contributed by atoms with van der Waals surface area (Å²) in [5.41, 5.74) is 0. The third kappa shape index (κ3) is 13.2. The molecule has 0 saturated heterocycles. The molecule has 0 saturated carbocycles. The molecule has 0 aromatic carbocycles. The maximum atomic E-state index is 11.0. The Balaban J connectivity index is 3.22. The molecule has 0 atom stereocenters. The van der Waals surface area contributed by atoms with Crippen LogP contribution in [0.15, 0.2) is 0 Å². The van der Waals surface area contributed by atoms with Gasteiger partial charge in [-0.25, -0.2) is 0 Å². The molecule has 0 radical (unpaired) electrons. The fourth-order valence-electron chi connectivity index (χ4n) is 1.02. The summed E-state index contributed by atoms with van der Waals surface area (Å²) >= 11 is 0. The lowest BCUT2D eigenvalue weighted by Crippen LogP contribution is -2.18. The molecule has 0 spiro atoms. The number of hydrogen-bond acceptors (Lipinski definition) is 5. The molecular formula is C12H26NO5+. The molecular weight excluding hydrogens is 238 g/mol. The molecule has 0 aliphatic rings. The zero-order chi connectivity index (χ0) is 13.8. The minimum atomic E-state index is 0.109. The highest BCUT2D eigenvalue weighted by Gasteiger charge is 2.11. The largest absolute Gasteiger partial charge is 0.477 e. The quantitative estimate of drug-likeness (QED) is 0.398. The van der Waals surface area contributed by atoms with Crippen LogP contribution in [0, 0.1) is 16.7 Å². The summed E-state index contributed by atoms with van der Waals surface area (Å²) in [5.74, 6) is 0.949. The van der Waals surface area contributed by atoms with E-state index >= 15 is 0 Å². The van der Waals surface area contributed by atoms with Crippen LogP contribution in [0.4, 0.5) is 0 Å². The standard InChI is InChI=1S/C12H26NO5/c1-11(2)9-15-5-7-17-13(14)18-8-6-16-10-12(3)4/h11-12H,5-10H2,1-4H3/q+1. The molecule has 0 aromatic rings. The SMILES string of the molecule is CC(C)COCCO[N+](=O)OCCOCC(C)C. The first-order valence-corrected chi connectivity index (χ1v) is 6.41. The Morgan fingerprint density at radius 1 is 0.778 bits per heavy atom. The summed E-state index contributed by atoms with van der Waals surface area (Å²) in [6.07, 6.45) is 0. The van der Waals surface area contributed by atoms with Gasteiger partial charge in [-0.2, -0.15) is 9.68 Å². The van der Waals surface area contributed by atoms with Crippen molar-refractivity contribution in [3.8, 4) is 0 Å². The lowest BCUT2D eigenvalue weighted by molar-refractivity contribution is -0.981. The molecule has 108 valence electrons. The van der Waals surface area contributed by atoms with Gasteiger partial charge in [-0.1, -0.05) is 27.7 Å². The smallest absolute Gasteiger partial charge is 0.377 e. The fourth-order valence-corrected chi connectivity index (χ4v) is 1.02. The Morgan fingerprint density at radius 3 is 1.50 bits per heavy atom. The molecule has 0 aliphatic carbocycles. The fraction of sp³-hybridized carbons (Fsp3) is 1.00. The van der Waals surface area contributed by atoms with Gasteiger partial charge >= 0.3 is 5.09 Å². The Bertz CT molecular complexity index is 189. The van der Waals surface area contributed by atoms with Gasteiger partial charge in [0.05, 0.1) is 13.2 Å². The van der Waals surface area contributed by atoms with Crippen molar-refractivity contribution in [2.24, 2.45) is 11.8 Å². The lowest BCUT2D eigenvalue weighted by atomic mass is 10.2. The van der Waals surface area contributed by atoms with Gasteiger partial charge in [0.1, 0.15) is 4.91 Å². The molecule has 0 bridgehead atoms. The first-order chi connectivity index (χ1) is 8.52. The summed E-state index contributed by atoms with van der Waals surface area (Å²) in [6.45, 7) is 10.7. The minimum absolute atomic E-state index is 0.109. The van der Waals surface area contributed by atoms with Crippen LogP contribution in [0.3, 0.4) is 0 Å². The van der Waals surface area contributed by atoms with Crippen molar-refractivity contribution in [3.05, 3.63) is 4.91 Å². The molecule has 6 heteroatoms. The van der Waals surface area contributed by atoms with Crippen molar-refractivity contribution in [2.45, 2.75) is 27.7 Å². The van der Waals surface area contributed by atoms with Gasteiger partial charge in [0.15, 0.2) is 13.2 Å². The Kier molecular flexibility index (Phi) is 10.7. The highest BCUT2D eigenvalue weighted by molar-refractivity contribution is 4.39. The van der Waals surface area contributed by atoms with E-state index < -0.39 is 0 Å². The van der Waals surface area contributed by atoms with E-state index in [1.54, 1.807) is 0 Å². The molecule has 0 fully saturated rings. The summed E-state index contributed by atoms with van der Waals surface area (Å²) in [5, 5.41) is 0.109. The van der Waals surface area contributed by atoms with Crippen molar-refractivity contribution in [3.63, 3.8) is 0 Å². The average Bonchev–Trinajstić information content (AvgIpc) is 2.27. The van der Waals surface area contributed by atoms with E-state index in [9.17, 15) is 4.91 Å². The van der Waals surface area contributed by atoms with Gasteiger partial charge in [-0.05, 0) is 11.8 Å². The van der Waals surface area contributed by atoms with Crippen LogP contribution in [0.2, 0.25) is 0 Å². The van der Waals surface area contributed by atoms with Crippen LogP contribution >= 0.6 is 0 Å². The maximum absolute atomic E-state index is 11.0. The topological polar surface area (TPSA) is 57.0 Å². The average molecular weight is 264 g/mol. The van der Waals surface area contributed by atoms with Crippen LogP contribution in [0.25, 0.3) is 0 Å². The van der Waals surface area contributed by atoms with Crippen molar-refractivity contribution in [2.75, 3.05) is 39.6 Å². The number of hydrogen-bond donors (Lipinski definition) is 0. The van der Waals surface area contributed by atoms with Gasteiger partial charge in [-0.15, -0.1) is 0 Å². The molecule has 0 unspecified atom stereocenters. The summed E-state index contributed by atoms with van der Waals surface area (Å²) in [6, 6.07) is 0. The summed E-state index contributed by atoms with van der Waals surface area (Å²) < 4.78 is 10.5. The number of rotatable bonds is 12. The van der Waals surface area contributed by atoms with Crippen molar-refractivity contribution in [1.82, 2.24) is 0 Å². The highest BCUT2D eigenvalue weighted by Crippen LogP contribution is 1.93. The number of nitrogens with zero attached hydrogens (tertiary/aromatic N) is 1. The predicted octanol–water partition coefficient (Wildman–Crippen LogP) is 1.97. The van der Waals surface area contributed by atoms with Gasteiger partial charge in [0.25, 0.3) is 0 Å². The molecule has 0 N–H and O–H groups in total. The Hall–Kier alpha value is -0.880. The van der Waals surface area contributed by atoms with Crippen molar-refractivity contribution < 1.29 is 24.2 Å². The summed E-state index contributed by atoms with van der Waals surface area (Å²) in [4.78, 5) is 20.5. The van der Waals surface area contributed by atoms with Crippen LogP contribution in [-0.4, -0.2) is 44.7 Å². The van der Waals surface area contributed by atoms with E-state index in [1.807, 2.05) is 0 Å². The Labute approximate surface area is 109 Å². The second-order valence-electron chi connectivity index (χ2n) is 4.83. The van der Waals surface area contributed by atoms with E-state index in [0.717, 1.165) is 0 Å². The zero-order valence-electron chi connectivity index (χ0n) is 11.9. The van der Waals surface area contributed by atoms with Crippen molar-refractivity contribution >= 4 is 0 Å². The van der Waals surface area contributed by atoms with E-state index in [4.69, 9.17) is 19.1 Å². The van der Waals surface area contributed by atoms with Crippen LogP contribution in [-0.2, 0) is 19.1 Å². The number of ether oxygens (including phenoxy) is 2. The predicted molar refractivity (Wildman–Crippen MR) is 66.8 cm³/mol. The lowest BCUT2D eigenvalue weighted by Gasteiger charge is -2.04. The second kappa shape index (κ2) is 11.2. The van der Waals surface area contributed by atoms with Gasteiger partial charge in [0, 0.05) is 13.2 Å². The monoisotopic (exact) mass is 264 g/mol. The van der Waals surface area contributed by atoms with Crippen LogP contribution in [0.5, 0.6) is 0 Å². The van der Waals surface area contributed by atoms with E-state index in [2.05, 4.69) is 27.7 Å². The molecule has 0 amide bonds. The van der Waals surface area contributed by atoms with E-state index in [-0.39, 0.29) is 18.3 Å². The first-order valence-electron chi connectivity index (χ1n) is 6.41. The van der Waals surface area contributed by atoms with Crippen molar-refractivity contribution in [1.29, 1.82) is 0 Å². The molecule has 0 heterocycles. The Morgan fingerprint density at radius 2 is 1.17 bits per heavy atom. The second-order valence-corrected chi connectivity index (χ2v) is 4.83.